The Morgan fingerprint density at radius 1 is 1.26 bits per heavy atom. The molecule has 142 valence electrons. The second-order valence-corrected chi connectivity index (χ2v) is 8.19. The number of nitrogens with zero attached hydrogens (tertiary/aromatic N) is 1. The molecule has 2 heterocycles. The number of carbonyl (C=O) groups excluding carboxylic acids is 1. The Morgan fingerprint density at radius 2 is 2.04 bits per heavy atom. The van der Waals surface area contributed by atoms with E-state index in [2.05, 4.69) is 37.9 Å². The van der Waals surface area contributed by atoms with Gasteiger partial charge in [0.05, 0.1) is 18.4 Å². The average Bonchev–Trinajstić information content (AvgIpc) is 2.66. The maximum absolute atomic E-state index is 12.0. The van der Waals surface area contributed by atoms with Gasteiger partial charge in [-0.25, -0.2) is 4.79 Å². The van der Waals surface area contributed by atoms with Crippen LogP contribution in [-0.4, -0.2) is 30.6 Å². The first-order chi connectivity index (χ1) is 13.2. The van der Waals surface area contributed by atoms with Crippen LogP contribution >= 0.6 is 0 Å². The SMILES string of the molecule is [2H]N1CC=C(c2ccnc(-c3cc(C)cc(C(=O)OC)c3)c2)CC1C(C)(C)C. The van der Waals surface area contributed by atoms with Gasteiger partial charge in [0.25, 0.3) is 0 Å². The fourth-order valence-corrected chi connectivity index (χ4v) is 3.42. The van der Waals surface area contributed by atoms with E-state index in [1.54, 1.807) is 5.31 Å². The van der Waals surface area contributed by atoms with Crippen molar-refractivity contribution in [2.75, 3.05) is 13.7 Å². The van der Waals surface area contributed by atoms with Crippen molar-refractivity contribution in [3.8, 4) is 11.3 Å². The Labute approximate surface area is 163 Å². The molecule has 0 bridgehead atoms. The summed E-state index contributed by atoms with van der Waals surface area (Å²) in [4.78, 5) is 16.5. The van der Waals surface area contributed by atoms with E-state index in [1.165, 1.54) is 12.7 Å². The quantitative estimate of drug-likeness (QED) is 0.806. The smallest absolute Gasteiger partial charge is 0.337 e. The minimum Gasteiger partial charge on any atom is -0.465 e. The summed E-state index contributed by atoms with van der Waals surface area (Å²) in [5.41, 5.74) is 5.63. The third-order valence-corrected chi connectivity index (χ3v) is 5.00. The summed E-state index contributed by atoms with van der Waals surface area (Å²) in [5.74, 6) is -0.348. The third kappa shape index (κ3) is 4.45. The molecule has 0 saturated carbocycles. The van der Waals surface area contributed by atoms with Crippen LogP contribution in [0.2, 0.25) is 1.41 Å². The summed E-state index contributed by atoms with van der Waals surface area (Å²) in [6, 6.07) is 9.92. The van der Waals surface area contributed by atoms with E-state index in [4.69, 9.17) is 6.15 Å². The average molecular weight is 365 g/mol. The van der Waals surface area contributed by atoms with Crippen LogP contribution in [-0.2, 0) is 4.74 Å². The molecule has 2 aromatic rings. The number of benzene rings is 1. The number of ether oxygens (including phenoxy) is 1. The Balaban J connectivity index is 1.96. The summed E-state index contributed by atoms with van der Waals surface area (Å²) < 4.78 is 13.1. The summed E-state index contributed by atoms with van der Waals surface area (Å²) in [5, 5.41) is 1.68. The van der Waals surface area contributed by atoms with Gasteiger partial charge >= 0.3 is 5.97 Å². The number of methoxy groups -OCH3 is 1. The second kappa shape index (κ2) is 7.65. The van der Waals surface area contributed by atoms with Crippen molar-refractivity contribution < 1.29 is 10.9 Å². The second-order valence-electron chi connectivity index (χ2n) is 8.19. The van der Waals surface area contributed by atoms with Crippen LogP contribution in [0.5, 0.6) is 0 Å². The maximum Gasteiger partial charge on any atom is 0.337 e. The predicted octanol–water partition coefficient (Wildman–Crippen LogP) is 4.64. The van der Waals surface area contributed by atoms with Gasteiger partial charge in [0.2, 0.25) is 0 Å². The van der Waals surface area contributed by atoms with Crippen LogP contribution < -0.4 is 5.31 Å². The van der Waals surface area contributed by atoms with Crippen LogP contribution in [0, 0.1) is 12.3 Å². The Morgan fingerprint density at radius 3 is 2.74 bits per heavy atom. The lowest BCUT2D eigenvalue weighted by Crippen LogP contribution is -2.42. The first kappa shape index (κ1) is 17.9. The molecule has 1 aliphatic heterocycles. The summed E-state index contributed by atoms with van der Waals surface area (Å²) in [6.07, 6.45) is 4.77. The van der Waals surface area contributed by atoms with Crippen molar-refractivity contribution in [1.82, 2.24) is 10.3 Å². The molecule has 1 aliphatic rings. The number of esters is 1. The van der Waals surface area contributed by atoms with Crippen molar-refractivity contribution in [3.63, 3.8) is 0 Å². The zero-order chi connectivity index (χ0) is 20.5. The molecule has 0 radical (unpaired) electrons. The molecule has 0 spiro atoms. The predicted molar refractivity (Wildman–Crippen MR) is 110 cm³/mol. The summed E-state index contributed by atoms with van der Waals surface area (Å²) >= 11 is 0. The van der Waals surface area contributed by atoms with E-state index >= 15 is 0 Å². The molecule has 0 saturated heterocycles. The highest BCUT2D eigenvalue weighted by Crippen LogP contribution is 2.32. The number of nitrogens with one attached hydrogen (secondary N) is 1. The first-order valence-electron chi connectivity index (χ1n) is 9.75. The molecule has 1 aromatic heterocycles. The van der Waals surface area contributed by atoms with Gasteiger partial charge < -0.3 is 10.0 Å². The molecule has 1 N–H and O–H groups in total. The number of aromatic nitrogens is 1. The summed E-state index contributed by atoms with van der Waals surface area (Å²) in [7, 11) is 1.39. The molecule has 1 aromatic carbocycles. The highest BCUT2D eigenvalue weighted by molar-refractivity contribution is 5.91. The van der Waals surface area contributed by atoms with Gasteiger partial charge in [-0.05, 0) is 65.8 Å². The minimum atomic E-state index is -0.348. The van der Waals surface area contributed by atoms with Gasteiger partial charge in [0.1, 0.15) is 1.41 Å². The van der Waals surface area contributed by atoms with E-state index < -0.39 is 0 Å². The molecule has 3 rings (SSSR count). The maximum atomic E-state index is 12.0. The highest BCUT2D eigenvalue weighted by Gasteiger charge is 2.27. The topological polar surface area (TPSA) is 51.2 Å². The summed E-state index contributed by atoms with van der Waals surface area (Å²) in [6.45, 7) is 9.12. The van der Waals surface area contributed by atoms with Crippen LogP contribution in [0.4, 0.5) is 0 Å². The molecule has 0 amide bonds. The normalized spacial score (nSPS) is 18.6. The van der Waals surface area contributed by atoms with E-state index in [0.29, 0.717) is 12.1 Å². The standard InChI is InChI=1S/C23H28N2O2/c1-15-10-18(12-19(11-15)22(26)27-5)20-13-16(6-8-24-20)17-7-9-25-21(14-17)23(2,3)4/h6-8,10-13,21,25H,9,14H2,1-5H3/i/hD. The molecule has 4 nitrogen and oxygen atoms in total. The van der Waals surface area contributed by atoms with Crippen LogP contribution in [0.1, 0.15) is 48.7 Å². The van der Waals surface area contributed by atoms with E-state index in [9.17, 15) is 4.79 Å². The van der Waals surface area contributed by atoms with Crippen LogP contribution in [0.25, 0.3) is 16.8 Å². The van der Waals surface area contributed by atoms with Crippen molar-refractivity contribution in [2.45, 2.75) is 40.2 Å². The molecule has 27 heavy (non-hydrogen) atoms. The van der Waals surface area contributed by atoms with Crippen molar-refractivity contribution in [1.29, 1.82) is 0 Å². The van der Waals surface area contributed by atoms with Gasteiger partial charge in [0, 0.05) is 24.3 Å². The number of hydrogen-bond acceptors (Lipinski definition) is 4. The molecule has 0 aliphatic carbocycles. The number of hydrogen-bond donors (Lipinski definition) is 1. The van der Waals surface area contributed by atoms with Crippen LogP contribution in [0.15, 0.2) is 42.6 Å². The Kier molecular flexibility index (Phi) is 5.08. The zero-order valence-electron chi connectivity index (χ0n) is 17.7. The van der Waals surface area contributed by atoms with E-state index in [1.807, 2.05) is 37.4 Å². The Bertz CT molecular complexity index is 915. The van der Waals surface area contributed by atoms with Gasteiger partial charge in [0.15, 0.2) is 0 Å². The first-order valence-corrected chi connectivity index (χ1v) is 9.30. The number of pyridine rings is 1. The van der Waals surface area contributed by atoms with Crippen LogP contribution in [0.3, 0.4) is 0 Å². The number of carbonyl (C=O) groups is 1. The highest BCUT2D eigenvalue weighted by atomic mass is 16.5. The molecule has 0 fully saturated rings. The number of aryl methyl sites for hydroxylation is 1. The van der Waals surface area contributed by atoms with Crippen molar-refractivity contribution in [3.05, 3.63) is 59.3 Å². The molecular formula is C23H28N2O2. The fraction of sp³-hybridized carbons (Fsp3) is 0.391. The molecule has 1 unspecified atom stereocenters. The molecule has 1 atom stereocenters. The van der Waals surface area contributed by atoms with E-state index in [-0.39, 0.29) is 17.4 Å². The monoisotopic (exact) mass is 365 g/mol. The zero-order valence-corrected chi connectivity index (χ0v) is 16.7. The van der Waals surface area contributed by atoms with E-state index in [0.717, 1.165) is 28.8 Å². The lowest BCUT2D eigenvalue weighted by Gasteiger charge is -2.35. The van der Waals surface area contributed by atoms with Gasteiger partial charge in [-0.1, -0.05) is 26.8 Å². The third-order valence-electron chi connectivity index (χ3n) is 5.00. The number of rotatable bonds is 3. The van der Waals surface area contributed by atoms with Crippen molar-refractivity contribution in [2.24, 2.45) is 5.41 Å². The molecule has 4 heteroatoms. The largest absolute Gasteiger partial charge is 0.465 e. The van der Waals surface area contributed by atoms with Gasteiger partial charge in [-0.3, -0.25) is 4.98 Å². The molecular weight excluding hydrogens is 336 g/mol. The van der Waals surface area contributed by atoms with Gasteiger partial charge in [-0.15, -0.1) is 0 Å². The van der Waals surface area contributed by atoms with Crippen molar-refractivity contribution >= 4 is 11.5 Å². The minimum absolute atomic E-state index is 0.0308. The fourth-order valence-electron chi connectivity index (χ4n) is 3.42. The Hall–Kier alpha value is -2.46. The lowest BCUT2D eigenvalue weighted by atomic mass is 9.80. The lowest BCUT2D eigenvalue weighted by molar-refractivity contribution is 0.0600. The van der Waals surface area contributed by atoms with Gasteiger partial charge in [-0.2, -0.15) is 0 Å².